The van der Waals surface area contributed by atoms with Crippen LogP contribution in [-0.2, 0) is 4.79 Å². The summed E-state index contributed by atoms with van der Waals surface area (Å²) < 4.78 is 0. The van der Waals surface area contributed by atoms with E-state index in [1.54, 1.807) is 0 Å². The number of nitrogens with zero attached hydrogens (tertiary/aromatic N) is 2. The smallest absolute Gasteiger partial charge is 0.305 e. The minimum Gasteiger partial charge on any atom is -0.481 e. The molecule has 0 aromatic carbocycles. The molecule has 1 heterocycles. The summed E-state index contributed by atoms with van der Waals surface area (Å²) in [7, 11) is 0. The lowest BCUT2D eigenvalue weighted by Gasteiger charge is -2.19. The summed E-state index contributed by atoms with van der Waals surface area (Å²) in [6, 6.07) is -0.102. The molecular weight excluding hydrogens is 214 g/mol. The number of aromatic nitrogens is 2. The molecule has 1 aromatic heterocycles. The number of anilines is 1. The summed E-state index contributed by atoms with van der Waals surface area (Å²) in [5.74, 6) is -0.562. The number of carbonyl (C=O) groups is 1. The van der Waals surface area contributed by atoms with Crippen LogP contribution >= 0.6 is 11.3 Å². The molecule has 0 aliphatic heterocycles. The number of rotatable bonds is 5. The fraction of sp³-hybridized carbons (Fsp3) is 0.667. The largest absolute Gasteiger partial charge is 0.481 e. The average molecular weight is 229 g/mol. The van der Waals surface area contributed by atoms with E-state index in [-0.39, 0.29) is 18.4 Å². The number of hydrogen-bond donors (Lipinski definition) is 2. The van der Waals surface area contributed by atoms with Crippen LogP contribution < -0.4 is 5.32 Å². The molecule has 5 nitrogen and oxygen atoms in total. The van der Waals surface area contributed by atoms with E-state index in [2.05, 4.69) is 15.5 Å². The van der Waals surface area contributed by atoms with Crippen LogP contribution in [0, 0.1) is 12.8 Å². The van der Waals surface area contributed by atoms with E-state index in [1.807, 2.05) is 20.8 Å². The van der Waals surface area contributed by atoms with Crippen molar-refractivity contribution in [2.45, 2.75) is 33.2 Å². The maximum absolute atomic E-state index is 10.6. The molecule has 0 bridgehead atoms. The summed E-state index contributed by atoms with van der Waals surface area (Å²) in [4.78, 5) is 10.6. The minimum atomic E-state index is -0.803. The second kappa shape index (κ2) is 5.06. The fourth-order valence-electron chi connectivity index (χ4n) is 1.16. The lowest BCUT2D eigenvalue weighted by molar-refractivity contribution is -0.137. The third kappa shape index (κ3) is 3.83. The molecule has 1 rings (SSSR count). The Balaban J connectivity index is 2.62. The quantitative estimate of drug-likeness (QED) is 0.804. The number of nitrogens with one attached hydrogen (secondary N) is 1. The number of carboxylic acid groups (broad SMARTS) is 1. The first-order valence-electron chi connectivity index (χ1n) is 4.77. The third-order valence-corrected chi connectivity index (χ3v) is 2.80. The Kier molecular flexibility index (Phi) is 4.02. The van der Waals surface area contributed by atoms with Crippen LogP contribution in [0.25, 0.3) is 0 Å². The van der Waals surface area contributed by atoms with Gasteiger partial charge in [-0.15, -0.1) is 10.2 Å². The van der Waals surface area contributed by atoms with Gasteiger partial charge in [0.2, 0.25) is 5.13 Å². The molecular formula is C9H15N3O2S. The van der Waals surface area contributed by atoms with Crippen molar-refractivity contribution in [3.8, 4) is 0 Å². The zero-order valence-corrected chi connectivity index (χ0v) is 9.84. The van der Waals surface area contributed by atoms with E-state index in [9.17, 15) is 4.79 Å². The monoisotopic (exact) mass is 229 g/mol. The normalized spacial score (nSPS) is 12.8. The first-order chi connectivity index (χ1) is 6.99. The van der Waals surface area contributed by atoms with Crippen LogP contribution in [0.5, 0.6) is 0 Å². The zero-order valence-electron chi connectivity index (χ0n) is 9.02. The molecule has 15 heavy (non-hydrogen) atoms. The van der Waals surface area contributed by atoms with Crippen molar-refractivity contribution in [2.75, 3.05) is 5.32 Å². The molecule has 84 valence electrons. The molecule has 1 aromatic rings. The van der Waals surface area contributed by atoms with Gasteiger partial charge in [-0.2, -0.15) is 0 Å². The van der Waals surface area contributed by atoms with Crippen LogP contribution in [0.4, 0.5) is 5.13 Å². The van der Waals surface area contributed by atoms with E-state index >= 15 is 0 Å². The van der Waals surface area contributed by atoms with Gasteiger partial charge in [-0.1, -0.05) is 25.2 Å². The first kappa shape index (κ1) is 11.9. The van der Waals surface area contributed by atoms with Gasteiger partial charge in [0.05, 0.1) is 6.42 Å². The molecule has 2 N–H and O–H groups in total. The first-order valence-corrected chi connectivity index (χ1v) is 5.59. The summed E-state index contributed by atoms with van der Waals surface area (Å²) in [5, 5.41) is 21.2. The Labute approximate surface area is 92.5 Å². The number of carboxylic acids is 1. The second-order valence-electron chi connectivity index (χ2n) is 3.72. The summed E-state index contributed by atoms with van der Waals surface area (Å²) in [5.41, 5.74) is 0. The molecule has 0 amide bonds. The summed E-state index contributed by atoms with van der Waals surface area (Å²) >= 11 is 1.43. The number of aryl methyl sites for hydroxylation is 1. The molecule has 0 saturated heterocycles. The Morgan fingerprint density at radius 2 is 2.20 bits per heavy atom. The van der Waals surface area contributed by atoms with Crippen molar-refractivity contribution in [1.29, 1.82) is 0 Å². The molecule has 0 radical (unpaired) electrons. The van der Waals surface area contributed by atoms with E-state index in [1.165, 1.54) is 11.3 Å². The number of aliphatic carboxylic acids is 1. The van der Waals surface area contributed by atoms with Crippen molar-refractivity contribution >= 4 is 22.4 Å². The molecule has 1 atom stereocenters. The second-order valence-corrected chi connectivity index (χ2v) is 4.90. The van der Waals surface area contributed by atoms with Gasteiger partial charge in [-0.05, 0) is 12.8 Å². The van der Waals surface area contributed by atoms with Crippen molar-refractivity contribution in [1.82, 2.24) is 10.2 Å². The highest BCUT2D eigenvalue weighted by Crippen LogP contribution is 2.18. The van der Waals surface area contributed by atoms with E-state index in [0.717, 1.165) is 5.01 Å². The van der Waals surface area contributed by atoms with Crippen LogP contribution in [0.1, 0.15) is 25.3 Å². The highest BCUT2D eigenvalue weighted by molar-refractivity contribution is 7.15. The van der Waals surface area contributed by atoms with Gasteiger partial charge >= 0.3 is 5.97 Å². The SMILES string of the molecule is Cc1nnc(NC(CC(=O)O)C(C)C)s1. The van der Waals surface area contributed by atoms with E-state index < -0.39 is 5.97 Å². The van der Waals surface area contributed by atoms with Crippen molar-refractivity contribution in [3.63, 3.8) is 0 Å². The fourth-order valence-corrected chi connectivity index (χ4v) is 1.81. The molecule has 0 fully saturated rings. The molecule has 0 aliphatic carbocycles. The molecule has 0 aliphatic rings. The predicted octanol–water partition coefficient (Wildman–Crippen LogP) is 1.76. The van der Waals surface area contributed by atoms with Gasteiger partial charge in [-0.25, -0.2) is 0 Å². The molecule has 0 saturated carbocycles. The summed E-state index contributed by atoms with van der Waals surface area (Å²) in [6.45, 7) is 5.83. The van der Waals surface area contributed by atoms with Crippen molar-refractivity contribution in [3.05, 3.63) is 5.01 Å². The minimum absolute atomic E-state index is 0.0935. The van der Waals surface area contributed by atoms with Crippen LogP contribution in [-0.4, -0.2) is 27.3 Å². The third-order valence-electron chi connectivity index (χ3n) is 2.03. The van der Waals surface area contributed by atoms with E-state index in [4.69, 9.17) is 5.11 Å². The van der Waals surface area contributed by atoms with Gasteiger partial charge in [0.25, 0.3) is 0 Å². The highest BCUT2D eigenvalue weighted by atomic mass is 32.1. The summed E-state index contributed by atoms with van der Waals surface area (Å²) in [6.07, 6.45) is 0.0935. The lowest BCUT2D eigenvalue weighted by atomic mass is 10.0. The molecule has 0 spiro atoms. The van der Waals surface area contributed by atoms with Crippen molar-refractivity contribution in [2.24, 2.45) is 5.92 Å². The standard InChI is InChI=1S/C9H15N3O2S/c1-5(2)7(4-8(13)14)10-9-12-11-6(3)15-9/h5,7H,4H2,1-3H3,(H,10,12)(H,13,14). The average Bonchev–Trinajstić information content (AvgIpc) is 2.49. The van der Waals surface area contributed by atoms with Crippen LogP contribution in [0.3, 0.4) is 0 Å². The van der Waals surface area contributed by atoms with Crippen molar-refractivity contribution < 1.29 is 9.90 Å². The Morgan fingerprint density at radius 3 is 2.60 bits per heavy atom. The number of hydrogen-bond acceptors (Lipinski definition) is 5. The molecule has 1 unspecified atom stereocenters. The predicted molar refractivity (Wildman–Crippen MR) is 59.1 cm³/mol. The topological polar surface area (TPSA) is 75.1 Å². The van der Waals surface area contributed by atoms with Gasteiger partial charge in [0.15, 0.2) is 0 Å². The highest BCUT2D eigenvalue weighted by Gasteiger charge is 2.18. The van der Waals surface area contributed by atoms with Gasteiger partial charge in [0.1, 0.15) is 5.01 Å². The lowest BCUT2D eigenvalue weighted by Crippen LogP contribution is -2.28. The Bertz CT molecular complexity index is 338. The maximum Gasteiger partial charge on any atom is 0.305 e. The van der Waals surface area contributed by atoms with Gasteiger partial charge in [-0.3, -0.25) is 4.79 Å². The van der Waals surface area contributed by atoms with E-state index in [0.29, 0.717) is 5.13 Å². The van der Waals surface area contributed by atoms with Gasteiger partial charge in [0, 0.05) is 6.04 Å². The maximum atomic E-state index is 10.6. The van der Waals surface area contributed by atoms with Crippen LogP contribution in [0.15, 0.2) is 0 Å². The Morgan fingerprint density at radius 1 is 1.53 bits per heavy atom. The molecule has 6 heteroatoms. The zero-order chi connectivity index (χ0) is 11.4. The van der Waals surface area contributed by atoms with Crippen LogP contribution in [0.2, 0.25) is 0 Å². The van der Waals surface area contributed by atoms with Gasteiger partial charge < -0.3 is 10.4 Å². The Hall–Kier alpha value is -1.17.